The van der Waals surface area contributed by atoms with Crippen molar-refractivity contribution < 1.29 is 9.53 Å². The van der Waals surface area contributed by atoms with Crippen LogP contribution in [0.25, 0.3) is 0 Å². The van der Waals surface area contributed by atoms with E-state index in [-0.39, 0.29) is 5.91 Å². The molecule has 0 saturated carbocycles. The van der Waals surface area contributed by atoms with Gasteiger partial charge in [0.05, 0.1) is 23.5 Å². The lowest BCUT2D eigenvalue weighted by molar-refractivity contribution is -0.117. The molecule has 21 heavy (non-hydrogen) atoms. The molecule has 1 aromatic heterocycles. The molecule has 2 aromatic rings. The summed E-state index contributed by atoms with van der Waals surface area (Å²) in [4.78, 5) is 12.2. The molecule has 2 rings (SSSR count). The van der Waals surface area contributed by atoms with Gasteiger partial charge < -0.3 is 15.8 Å². The van der Waals surface area contributed by atoms with Gasteiger partial charge >= 0.3 is 0 Å². The van der Waals surface area contributed by atoms with Crippen molar-refractivity contribution in [3.05, 3.63) is 39.0 Å². The molecule has 0 saturated heterocycles. The first-order chi connectivity index (χ1) is 9.92. The van der Waals surface area contributed by atoms with Crippen molar-refractivity contribution in [2.45, 2.75) is 6.04 Å². The van der Waals surface area contributed by atoms with Crippen molar-refractivity contribution in [3.63, 3.8) is 0 Å². The lowest BCUT2D eigenvalue weighted by atomic mass is 10.1. The molecule has 1 atom stereocenters. The Labute approximate surface area is 138 Å². The minimum atomic E-state index is -0.791. The van der Waals surface area contributed by atoms with E-state index in [0.29, 0.717) is 17.0 Å². The van der Waals surface area contributed by atoms with Gasteiger partial charge in [-0.05, 0) is 37.9 Å². The first kappa shape index (κ1) is 16.0. The number of rotatable bonds is 4. The number of methoxy groups -OCH3 is 1. The van der Waals surface area contributed by atoms with Gasteiger partial charge in [0.1, 0.15) is 11.8 Å². The molecule has 0 aliphatic rings. The molecule has 0 aliphatic heterocycles. The third-order valence-electron chi connectivity index (χ3n) is 2.87. The Morgan fingerprint density at radius 3 is 2.71 bits per heavy atom. The normalized spacial score (nSPS) is 12.0. The highest BCUT2D eigenvalue weighted by Gasteiger charge is 2.19. The van der Waals surface area contributed by atoms with Gasteiger partial charge in [-0.3, -0.25) is 9.48 Å². The third-order valence-corrected chi connectivity index (χ3v) is 4.14. The van der Waals surface area contributed by atoms with E-state index in [1.807, 2.05) is 0 Å². The quantitative estimate of drug-likeness (QED) is 0.800. The standard InChI is InChI=1S/C13H14Br2N4O2/c1-19-6-7(5-17-19)12(16)13(20)18-10-4-11(21-2)9(15)3-8(10)14/h3-6,12H,16H2,1-2H3,(H,18,20). The SMILES string of the molecule is COc1cc(NC(=O)C(N)c2cnn(C)c2)c(Br)cc1Br. The Morgan fingerprint density at radius 1 is 1.43 bits per heavy atom. The van der Waals surface area contributed by atoms with E-state index in [9.17, 15) is 4.79 Å². The number of ether oxygens (including phenoxy) is 1. The second-order valence-corrected chi connectivity index (χ2v) is 6.09. The summed E-state index contributed by atoms with van der Waals surface area (Å²) in [6, 6.07) is 2.71. The van der Waals surface area contributed by atoms with Gasteiger partial charge in [-0.15, -0.1) is 0 Å². The van der Waals surface area contributed by atoms with E-state index in [4.69, 9.17) is 10.5 Å². The first-order valence-electron chi connectivity index (χ1n) is 6.00. The number of nitrogens with zero attached hydrogens (tertiary/aromatic N) is 2. The molecular weight excluding hydrogens is 404 g/mol. The average molecular weight is 418 g/mol. The number of aromatic nitrogens is 2. The van der Waals surface area contributed by atoms with Crippen LogP contribution in [-0.2, 0) is 11.8 Å². The van der Waals surface area contributed by atoms with Crippen LogP contribution >= 0.6 is 31.9 Å². The molecule has 0 spiro atoms. The van der Waals surface area contributed by atoms with E-state index < -0.39 is 6.04 Å². The van der Waals surface area contributed by atoms with Gasteiger partial charge in [0.2, 0.25) is 5.91 Å². The van der Waals surface area contributed by atoms with Crippen molar-refractivity contribution in [2.24, 2.45) is 12.8 Å². The molecule has 3 N–H and O–H groups in total. The van der Waals surface area contributed by atoms with Crippen LogP contribution < -0.4 is 15.8 Å². The summed E-state index contributed by atoms with van der Waals surface area (Å²) in [5.74, 6) is 0.288. The molecule has 1 heterocycles. The van der Waals surface area contributed by atoms with Gasteiger partial charge in [-0.1, -0.05) is 0 Å². The highest BCUT2D eigenvalue weighted by atomic mass is 79.9. The number of benzene rings is 1. The smallest absolute Gasteiger partial charge is 0.246 e. The van der Waals surface area contributed by atoms with Gasteiger partial charge in [0.25, 0.3) is 0 Å². The van der Waals surface area contributed by atoms with Crippen LogP contribution in [-0.4, -0.2) is 22.8 Å². The van der Waals surface area contributed by atoms with Crippen molar-refractivity contribution in [3.8, 4) is 5.75 Å². The number of amides is 1. The molecule has 1 aromatic carbocycles. The molecule has 1 amide bonds. The van der Waals surface area contributed by atoms with Crippen LogP contribution in [0, 0.1) is 0 Å². The maximum atomic E-state index is 12.2. The largest absolute Gasteiger partial charge is 0.495 e. The number of nitrogens with one attached hydrogen (secondary N) is 1. The molecule has 0 bridgehead atoms. The van der Waals surface area contributed by atoms with E-state index in [2.05, 4.69) is 42.3 Å². The summed E-state index contributed by atoms with van der Waals surface area (Å²) in [6.45, 7) is 0. The molecule has 6 nitrogen and oxygen atoms in total. The van der Waals surface area contributed by atoms with E-state index >= 15 is 0 Å². The second kappa shape index (κ2) is 6.59. The van der Waals surface area contributed by atoms with Crippen molar-refractivity contribution in [1.29, 1.82) is 0 Å². The van der Waals surface area contributed by atoms with Gasteiger partial charge in [-0.25, -0.2) is 0 Å². The fourth-order valence-corrected chi connectivity index (χ4v) is 3.00. The van der Waals surface area contributed by atoms with Gasteiger partial charge in [-0.2, -0.15) is 5.10 Å². The average Bonchev–Trinajstić information content (AvgIpc) is 2.87. The number of halogens is 2. The molecular formula is C13H14Br2N4O2. The van der Waals surface area contributed by atoms with Crippen LogP contribution in [0.3, 0.4) is 0 Å². The molecule has 0 aliphatic carbocycles. The Kier molecular flexibility index (Phi) is 5.02. The molecule has 0 fully saturated rings. The minimum absolute atomic E-state index is 0.326. The minimum Gasteiger partial charge on any atom is -0.495 e. The first-order valence-corrected chi connectivity index (χ1v) is 7.59. The van der Waals surface area contributed by atoms with Gasteiger partial charge in [0.15, 0.2) is 0 Å². The summed E-state index contributed by atoms with van der Waals surface area (Å²) in [5.41, 5.74) is 7.16. The van der Waals surface area contributed by atoms with Crippen LogP contribution in [0.1, 0.15) is 11.6 Å². The maximum absolute atomic E-state index is 12.2. The Morgan fingerprint density at radius 2 is 2.14 bits per heavy atom. The Balaban J connectivity index is 2.19. The number of aryl methyl sites for hydroxylation is 1. The van der Waals surface area contributed by atoms with Crippen molar-refractivity contribution in [1.82, 2.24) is 9.78 Å². The lowest BCUT2D eigenvalue weighted by Crippen LogP contribution is -2.27. The number of hydrogen-bond donors (Lipinski definition) is 2. The number of nitrogens with two attached hydrogens (primary N) is 1. The van der Waals surface area contributed by atoms with Gasteiger partial charge in [0, 0.05) is 29.3 Å². The zero-order valence-electron chi connectivity index (χ0n) is 11.4. The summed E-state index contributed by atoms with van der Waals surface area (Å²) in [6.07, 6.45) is 3.28. The summed E-state index contributed by atoms with van der Waals surface area (Å²) in [5, 5.41) is 6.78. The monoisotopic (exact) mass is 416 g/mol. The predicted molar refractivity (Wildman–Crippen MR) is 87.2 cm³/mol. The zero-order chi connectivity index (χ0) is 15.6. The zero-order valence-corrected chi connectivity index (χ0v) is 14.6. The lowest BCUT2D eigenvalue weighted by Gasteiger charge is -2.14. The highest BCUT2D eigenvalue weighted by molar-refractivity contribution is 9.11. The third kappa shape index (κ3) is 3.63. The number of carbonyl (C=O) groups excluding carboxylic acids is 1. The molecule has 112 valence electrons. The van der Waals surface area contributed by atoms with E-state index in [0.717, 1.165) is 8.95 Å². The fraction of sp³-hybridized carbons (Fsp3) is 0.231. The highest BCUT2D eigenvalue weighted by Crippen LogP contribution is 2.34. The fourth-order valence-electron chi connectivity index (χ4n) is 1.74. The van der Waals surface area contributed by atoms with E-state index in [1.54, 1.807) is 43.4 Å². The van der Waals surface area contributed by atoms with Crippen LogP contribution in [0.5, 0.6) is 5.75 Å². The van der Waals surface area contributed by atoms with Crippen LogP contribution in [0.2, 0.25) is 0 Å². The molecule has 0 radical (unpaired) electrons. The van der Waals surface area contributed by atoms with Crippen LogP contribution in [0.4, 0.5) is 5.69 Å². The van der Waals surface area contributed by atoms with Crippen molar-refractivity contribution in [2.75, 3.05) is 12.4 Å². The van der Waals surface area contributed by atoms with E-state index in [1.165, 1.54) is 0 Å². The topological polar surface area (TPSA) is 82.2 Å². The van der Waals surface area contributed by atoms with Crippen molar-refractivity contribution >= 4 is 43.5 Å². The summed E-state index contributed by atoms with van der Waals surface area (Å²) >= 11 is 6.76. The summed E-state index contributed by atoms with van der Waals surface area (Å²) in [7, 11) is 3.32. The second-order valence-electron chi connectivity index (χ2n) is 4.38. The maximum Gasteiger partial charge on any atom is 0.246 e. The van der Waals surface area contributed by atoms with Crippen LogP contribution in [0.15, 0.2) is 33.5 Å². The number of anilines is 1. The predicted octanol–water partition coefficient (Wildman–Crippen LogP) is 2.59. The molecule has 8 heteroatoms. The number of hydrogen-bond acceptors (Lipinski definition) is 4. The Bertz CT molecular complexity index is 672. The Hall–Kier alpha value is -1.38. The molecule has 1 unspecified atom stereocenters. The summed E-state index contributed by atoms with van der Waals surface area (Å²) < 4.78 is 8.31. The number of carbonyl (C=O) groups is 1.